The van der Waals surface area contributed by atoms with Crippen molar-refractivity contribution in [3.05, 3.63) is 59.9 Å². The molecule has 0 fully saturated rings. The van der Waals surface area contributed by atoms with Crippen molar-refractivity contribution < 1.29 is 8.42 Å². The first-order valence-electron chi connectivity index (χ1n) is 7.81. The number of rotatable bonds is 3. The second-order valence-electron chi connectivity index (χ2n) is 6.11. The third-order valence-corrected chi connectivity index (χ3v) is 5.59. The predicted molar refractivity (Wildman–Crippen MR) is 93.8 cm³/mol. The fraction of sp³-hybridized carbons (Fsp3) is 0.222. The molecule has 3 aromatic rings. The lowest BCUT2D eigenvalue weighted by atomic mass is 10.1. The first-order chi connectivity index (χ1) is 11.5. The first kappa shape index (κ1) is 15.1. The quantitative estimate of drug-likeness (QED) is 0.794. The number of aromatic nitrogens is 2. The highest BCUT2D eigenvalue weighted by atomic mass is 32.2. The molecule has 0 saturated heterocycles. The summed E-state index contributed by atoms with van der Waals surface area (Å²) in [6, 6.07) is 13.5. The molecule has 0 bridgehead atoms. The summed E-state index contributed by atoms with van der Waals surface area (Å²) in [6.45, 7) is 0. The molecule has 122 valence electrons. The van der Waals surface area contributed by atoms with Crippen LogP contribution in [0.25, 0.3) is 10.9 Å². The van der Waals surface area contributed by atoms with Gasteiger partial charge in [0, 0.05) is 11.6 Å². The number of hydrogen-bond acceptors (Lipinski definition) is 5. The van der Waals surface area contributed by atoms with Crippen molar-refractivity contribution in [2.75, 3.05) is 11.6 Å². The van der Waals surface area contributed by atoms with E-state index >= 15 is 0 Å². The molecule has 1 aliphatic rings. The van der Waals surface area contributed by atoms with Crippen LogP contribution in [0.3, 0.4) is 0 Å². The predicted octanol–water partition coefficient (Wildman–Crippen LogP) is 3.13. The van der Waals surface area contributed by atoms with Crippen LogP contribution < -0.4 is 5.32 Å². The number of nitrogens with zero attached hydrogens (tertiary/aromatic N) is 2. The monoisotopic (exact) mass is 339 g/mol. The minimum atomic E-state index is -3.27. The Morgan fingerprint density at radius 3 is 2.79 bits per heavy atom. The maximum atomic E-state index is 11.8. The summed E-state index contributed by atoms with van der Waals surface area (Å²) >= 11 is 0. The number of fused-ring (bicyclic) bond motifs is 2. The zero-order valence-corrected chi connectivity index (χ0v) is 14.0. The minimum absolute atomic E-state index is 0.182. The molecule has 0 aliphatic heterocycles. The van der Waals surface area contributed by atoms with Crippen molar-refractivity contribution in [3.8, 4) is 0 Å². The Morgan fingerprint density at radius 1 is 1.12 bits per heavy atom. The van der Waals surface area contributed by atoms with E-state index < -0.39 is 9.84 Å². The number of aryl methyl sites for hydroxylation is 1. The van der Waals surface area contributed by atoms with Crippen LogP contribution >= 0.6 is 0 Å². The van der Waals surface area contributed by atoms with Gasteiger partial charge in [-0.05, 0) is 42.2 Å². The fourth-order valence-electron chi connectivity index (χ4n) is 3.25. The highest BCUT2D eigenvalue weighted by Gasteiger charge is 2.23. The molecule has 2 aromatic carbocycles. The molecular weight excluding hydrogens is 322 g/mol. The van der Waals surface area contributed by atoms with Crippen LogP contribution in [0.4, 0.5) is 5.82 Å². The number of hydrogen-bond donors (Lipinski definition) is 1. The van der Waals surface area contributed by atoms with Crippen LogP contribution in [0.2, 0.25) is 0 Å². The highest BCUT2D eigenvalue weighted by molar-refractivity contribution is 7.90. The maximum absolute atomic E-state index is 11.8. The summed E-state index contributed by atoms with van der Waals surface area (Å²) < 4.78 is 23.7. The van der Waals surface area contributed by atoms with Gasteiger partial charge in [-0.25, -0.2) is 18.4 Å². The summed E-state index contributed by atoms with van der Waals surface area (Å²) in [5.41, 5.74) is 3.36. The molecule has 1 heterocycles. The fourth-order valence-corrected chi connectivity index (χ4v) is 3.90. The Morgan fingerprint density at radius 2 is 1.96 bits per heavy atom. The summed E-state index contributed by atoms with van der Waals surface area (Å²) in [5, 5.41) is 4.20. The SMILES string of the molecule is CS(=O)(=O)c1ccc2ncnc(N[C@@H]3CCc4ccccc43)c2c1. The second-order valence-corrected chi connectivity index (χ2v) is 8.12. The van der Waals surface area contributed by atoms with E-state index in [1.165, 1.54) is 23.7 Å². The Balaban J connectivity index is 1.77. The average Bonchev–Trinajstić information content (AvgIpc) is 2.97. The molecule has 6 heteroatoms. The van der Waals surface area contributed by atoms with Crippen LogP contribution in [-0.2, 0) is 16.3 Å². The molecule has 1 atom stereocenters. The summed E-state index contributed by atoms with van der Waals surface area (Å²) in [5.74, 6) is 0.673. The smallest absolute Gasteiger partial charge is 0.175 e. The van der Waals surface area contributed by atoms with Gasteiger partial charge in [0.25, 0.3) is 0 Å². The van der Waals surface area contributed by atoms with Gasteiger partial charge in [0.1, 0.15) is 12.1 Å². The van der Waals surface area contributed by atoms with Crippen molar-refractivity contribution in [2.45, 2.75) is 23.8 Å². The lowest BCUT2D eigenvalue weighted by molar-refractivity contribution is 0.602. The van der Waals surface area contributed by atoms with E-state index in [2.05, 4.69) is 33.5 Å². The summed E-state index contributed by atoms with van der Waals surface area (Å²) in [6.07, 6.45) is 4.74. The second kappa shape index (κ2) is 5.56. The van der Waals surface area contributed by atoms with Gasteiger partial charge in [0.15, 0.2) is 9.84 Å². The van der Waals surface area contributed by atoms with E-state index in [0.717, 1.165) is 23.7 Å². The number of benzene rings is 2. The van der Waals surface area contributed by atoms with E-state index in [1.54, 1.807) is 18.2 Å². The van der Waals surface area contributed by atoms with Crippen molar-refractivity contribution in [2.24, 2.45) is 0 Å². The van der Waals surface area contributed by atoms with Gasteiger partial charge in [-0.3, -0.25) is 0 Å². The average molecular weight is 339 g/mol. The van der Waals surface area contributed by atoms with Crippen molar-refractivity contribution in [3.63, 3.8) is 0 Å². The zero-order valence-electron chi connectivity index (χ0n) is 13.2. The molecule has 0 radical (unpaired) electrons. The normalized spacial score (nSPS) is 17.0. The summed E-state index contributed by atoms with van der Waals surface area (Å²) in [7, 11) is -3.27. The third kappa shape index (κ3) is 2.63. The van der Waals surface area contributed by atoms with Gasteiger partial charge in [0.05, 0.1) is 16.5 Å². The molecule has 0 unspecified atom stereocenters. The molecule has 1 aromatic heterocycles. The van der Waals surface area contributed by atoms with Gasteiger partial charge in [0.2, 0.25) is 0 Å². The van der Waals surface area contributed by atoms with Gasteiger partial charge in [-0.1, -0.05) is 24.3 Å². The molecule has 0 spiro atoms. The number of sulfone groups is 1. The van der Waals surface area contributed by atoms with Gasteiger partial charge in [-0.2, -0.15) is 0 Å². The Kier molecular flexibility index (Phi) is 3.49. The maximum Gasteiger partial charge on any atom is 0.175 e. The third-order valence-electron chi connectivity index (χ3n) is 4.48. The van der Waals surface area contributed by atoms with E-state index in [0.29, 0.717) is 5.82 Å². The molecule has 5 nitrogen and oxygen atoms in total. The molecule has 0 saturated carbocycles. The first-order valence-corrected chi connectivity index (χ1v) is 9.71. The van der Waals surface area contributed by atoms with Crippen LogP contribution in [0, 0.1) is 0 Å². The molecular formula is C18H17N3O2S. The van der Waals surface area contributed by atoms with E-state index in [4.69, 9.17) is 0 Å². The Labute approximate surface area is 140 Å². The van der Waals surface area contributed by atoms with Gasteiger partial charge < -0.3 is 5.32 Å². The van der Waals surface area contributed by atoms with Gasteiger partial charge >= 0.3 is 0 Å². The largest absolute Gasteiger partial charge is 0.363 e. The standard InChI is InChI=1S/C18H17N3O2S/c1-24(22,23)13-7-9-16-15(10-13)18(20-11-19-16)21-17-8-6-12-4-2-3-5-14(12)17/h2-5,7,9-11,17H,6,8H2,1H3,(H,19,20,21)/t17-/m1/s1. The van der Waals surface area contributed by atoms with E-state index in [-0.39, 0.29) is 10.9 Å². The van der Waals surface area contributed by atoms with E-state index in [1.807, 2.05) is 6.07 Å². The lowest BCUT2D eigenvalue weighted by Gasteiger charge is -2.16. The highest BCUT2D eigenvalue weighted by Crippen LogP contribution is 2.34. The van der Waals surface area contributed by atoms with Crippen LogP contribution in [0.15, 0.2) is 53.7 Å². The zero-order chi connectivity index (χ0) is 16.7. The topological polar surface area (TPSA) is 72.0 Å². The van der Waals surface area contributed by atoms with Crippen molar-refractivity contribution in [1.29, 1.82) is 0 Å². The minimum Gasteiger partial charge on any atom is -0.363 e. The summed E-state index contributed by atoms with van der Waals surface area (Å²) in [4.78, 5) is 8.86. The number of nitrogens with one attached hydrogen (secondary N) is 1. The Bertz CT molecular complexity index is 1030. The molecule has 0 amide bonds. The van der Waals surface area contributed by atoms with E-state index in [9.17, 15) is 8.42 Å². The Hall–Kier alpha value is -2.47. The van der Waals surface area contributed by atoms with Gasteiger partial charge in [-0.15, -0.1) is 0 Å². The molecule has 1 aliphatic carbocycles. The molecule has 1 N–H and O–H groups in total. The number of anilines is 1. The van der Waals surface area contributed by atoms with Crippen molar-refractivity contribution in [1.82, 2.24) is 9.97 Å². The van der Waals surface area contributed by atoms with Crippen LogP contribution in [-0.4, -0.2) is 24.6 Å². The molecule has 24 heavy (non-hydrogen) atoms. The van der Waals surface area contributed by atoms with Crippen LogP contribution in [0.5, 0.6) is 0 Å². The molecule has 4 rings (SSSR count). The van der Waals surface area contributed by atoms with Crippen molar-refractivity contribution >= 4 is 26.6 Å². The van der Waals surface area contributed by atoms with Crippen LogP contribution in [0.1, 0.15) is 23.6 Å². The lowest BCUT2D eigenvalue weighted by Crippen LogP contribution is -2.09.